The van der Waals surface area contributed by atoms with Crippen molar-refractivity contribution in [3.8, 4) is 0 Å². The number of hydrogen-bond acceptors (Lipinski definition) is 5. The van der Waals surface area contributed by atoms with Gasteiger partial charge in [0.2, 0.25) is 0 Å². The molecule has 0 bridgehead atoms. The summed E-state index contributed by atoms with van der Waals surface area (Å²) in [6.07, 6.45) is 0. The molecule has 5 nitrogen and oxygen atoms in total. The van der Waals surface area contributed by atoms with Crippen LogP contribution in [0.3, 0.4) is 0 Å². The van der Waals surface area contributed by atoms with Crippen molar-refractivity contribution in [1.29, 1.82) is 0 Å². The van der Waals surface area contributed by atoms with Crippen molar-refractivity contribution >= 4 is 11.5 Å². The van der Waals surface area contributed by atoms with Crippen molar-refractivity contribution in [3.05, 3.63) is 29.8 Å². The quantitative estimate of drug-likeness (QED) is 0.604. The molecule has 0 saturated carbocycles. The summed E-state index contributed by atoms with van der Waals surface area (Å²) < 4.78 is 0. The molecule has 1 fully saturated rings. The number of piperazine rings is 1. The summed E-state index contributed by atoms with van der Waals surface area (Å²) in [5.74, 6) is 0.139. The lowest BCUT2D eigenvalue weighted by Gasteiger charge is -2.37. The topological polar surface area (TPSA) is 69.8 Å². The molecular weight excluding hydrogens is 254 g/mol. The Balaban J connectivity index is 1.93. The molecule has 0 radical (unpaired) electrons. The SMILES string of the molecule is CC(C(=O)c1ccc(N)cc1)N1CCN(CCO)CC1. The first-order valence-electron chi connectivity index (χ1n) is 7.09. The number of hydrogen-bond donors (Lipinski definition) is 2. The number of rotatable bonds is 5. The third-order valence-corrected chi connectivity index (χ3v) is 3.95. The normalized spacial score (nSPS) is 18.9. The molecule has 0 aliphatic carbocycles. The number of Topliss-reactive ketones (excluding diaryl/α,β-unsaturated/α-hetero) is 1. The number of ketones is 1. The maximum atomic E-state index is 12.4. The van der Waals surface area contributed by atoms with Crippen LogP contribution in [-0.2, 0) is 0 Å². The van der Waals surface area contributed by atoms with Crippen molar-refractivity contribution in [3.63, 3.8) is 0 Å². The van der Waals surface area contributed by atoms with Crippen molar-refractivity contribution in [2.24, 2.45) is 0 Å². The maximum absolute atomic E-state index is 12.4. The van der Waals surface area contributed by atoms with Crippen molar-refractivity contribution in [1.82, 2.24) is 9.80 Å². The van der Waals surface area contributed by atoms with E-state index in [9.17, 15) is 4.79 Å². The van der Waals surface area contributed by atoms with Gasteiger partial charge in [0, 0.05) is 44.0 Å². The maximum Gasteiger partial charge on any atom is 0.179 e. The molecular formula is C15H23N3O2. The zero-order valence-corrected chi connectivity index (χ0v) is 12.0. The van der Waals surface area contributed by atoms with E-state index >= 15 is 0 Å². The average Bonchev–Trinajstić information content (AvgIpc) is 2.48. The summed E-state index contributed by atoms with van der Waals surface area (Å²) >= 11 is 0. The zero-order chi connectivity index (χ0) is 14.5. The van der Waals surface area contributed by atoms with Gasteiger partial charge in [-0.15, -0.1) is 0 Å². The number of anilines is 1. The standard InChI is InChI=1S/C15H23N3O2/c1-12(15(20)13-2-4-14(16)5-3-13)18-8-6-17(7-9-18)10-11-19/h2-5,12,19H,6-11,16H2,1H3. The van der Waals surface area contributed by atoms with E-state index in [0.29, 0.717) is 17.8 Å². The Morgan fingerprint density at radius 2 is 1.85 bits per heavy atom. The minimum absolute atomic E-state index is 0.116. The van der Waals surface area contributed by atoms with Crippen LogP contribution in [0.1, 0.15) is 17.3 Å². The van der Waals surface area contributed by atoms with E-state index in [1.54, 1.807) is 24.3 Å². The first-order valence-corrected chi connectivity index (χ1v) is 7.09. The number of nitrogens with zero attached hydrogens (tertiary/aromatic N) is 2. The van der Waals surface area contributed by atoms with Gasteiger partial charge in [0.25, 0.3) is 0 Å². The summed E-state index contributed by atoms with van der Waals surface area (Å²) in [7, 11) is 0. The summed E-state index contributed by atoms with van der Waals surface area (Å²) in [6.45, 7) is 6.40. The van der Waals surface area contributed by atoms with Gasteiger partial charge < -0.3 is 10.8 Å². The van der Waals surface area contributed by atoms with E-state index in [-0.39, 0.29) is 18.4 Å². The van der Waals surface area contributed by atoms with Gasteiger partial charge in [-0.1, -0.05) is 0 Å². The lowest BCUT2D eigenvalue weighted by atomic mass is 10.0. The molecule has 3 N–H and O–H groups in total. The molecule has 0 aromatic heterocycles. The molecule has 1 unspecified atom stereocenters. The van der Waals surface area contributed by atoms with Gasteiger partial charge in [-0.2, -0.15) is 0 Å². The molecule has 0 spiro atoms. The van der Waals surface area contributed by atoms with Crippen LogP contribution in [0.5, 0.6) is 0 Å². The fraction of sp³-hybridized carbons (Fsp3) is 0.533. The third kappa shape index (κ3) is 3.56. The number of carbonyl (C=O) groups is 1. The number of aliphatic hydroxyl groups excluding tert-OH is 1. The molecule has 1 aliphatic heterocycles. The Bertz CT molecular complexity index is 439. The summed E-state index contributed by atoms with van der Waals surface area (Å²) in [5.41, 5.74) is 7.03. The van der Waals surface area contributed by atoms with Crippen LogP contribution in [-0.4, -0.2) is 66.1 Å². The zero-order valence-electron chi connectivity index (χ0n) is 12.0. The van der Waals surface area contributed by atoms with Crippen molar-refractivity contribution < 1.29 is 9.90 Å². The smallest absolute Gasteiger partial charge is 0.179 e. The summed E-state index contributed by atoms with van der Waals surface area (Å²) in [5, 5.41) is 8.93. The van der Waals surface area contributed by atoms with Crippen LogP contribution < -0.4 is 5.73 Å². The molecule has 1 aliphatic rings. The molecule has 1 heterocycles. The monoisotopic (exact) mass is 277 g/mol. The Labute approximate surface area is 120 Å². The van der Waals surface area contributed by atoms with E-state index in [4.69, 9.17) is 10.8 Å². The number of β-amino-alcohol motifs (C(OH)–C–C–N with tert-alkyl or cyclic N) is 1. The van der Waals surface area contributed by atoms with Gasteiger partial charge in [0.15, 0.2) is 5.78 Å². The van der Waals surface area contributed by atoms with Gasteiger partial charge in [0.1, 0.15) is 0 Å². The van der Waals surface area contributed by atoms with E-state index < -0.39 is 0 Å². The second kappa shape index (κ2) is 6.83. The van der Waals surface area contributed by atoms with Crippen molar-refractivity contribution in [2.75, 3.05) is 45.1 Å². The van der Waals surface area contributed by atoms with Crippen molar-refractivity contribution in [2.45, 2.75) is 13.0 Å². The van der Waals surface area contributed by atoms with Crippen LogP contribution in [0.25, 0.3) is 0 Å². The number of nitrogen functional groups attached to an aromatic ring is 1. The number of aliphatic hydroxyl groups is 1. The second-order valence-corrected chi connectivity index (χ2v) is 5.26. The minimum Gasteiger partial charge on any atom is -0.399 e. The molecule has 110 valence electrons. The van der Waals surface area contributed by atoms with Gasteiger partial charge in [-0.3, -0.25) is 14.6 Å². The summed E-state index contributed by atoms with van der Waals surface area (Å²) in [6, 6.07) is 6.99. The highest BCUT2D eigenvalue weighted by Crippen LogP contribution is 2.13. The molecule has 1 atom stereocenters. The van der Waals surface area contributed by atoms with E-state index in [2.05, 4.69) is 9.80 Å². The van der Waals surface area contributed by atoms with Gasteiger partial charge in [0.05, 0.1) is 12.6 Å². The molecule has 1 saturated heterocycles. The Morgan fingerprint density at radius 3 is 2.40 bits per heavy atom. The van der Waals surface area contributed by atoms with Crippen LogP contribution in [0, 0.1) is 0 Å². The van der Waals surface area contributed by atoms with E-state index in [1.807, 2.05) is 6.92 Å². The van der Waals surface area contributed by atoms with Gasteiger partial charge >= 0.3 is 0 Å². The lowest BCUT2D eigenvalue weighted by Crippen LogP contribution is -2.52. The highest BCUT2D eigenvalue weighted by Gasteiger charge is 2.25. The largest absolute Gasteiger partial charge is 0.399 e. The first-order chi connectivity index (χ1) is 9.61. The van der Waals surface area contributed by atoms with Crippen LogP contribution >= 0.6 is 0 Å². The summed E-state index contributed by atoms with van der Waals surface area (Å²) in [4.78, 5) is 16.8. The molecule has 1 aromatic rings. The molecule has 1 aromatic carbocycles. The van der Waals surface area contributed by atoms with Crippen LogP contribution in [0.2, 0.25) is 0 Å². The average molecular weight is 277 g/mol. The molecule has 0 amide bonds. The highest BCUT2D eigenvalue weighted by molar-refractivity contribution is 6.00. The Hall–Kier alpha value is -1.43. The second-order valence-electron chi connectivity index (χ2n) is 5.26. The Kier molecular flexibility index (Phi) is 5.11. The van der Waals surface area contributed by atoms with E-state index in [0.717, 1.165) is 26.2 Å². The third-order valence-electron chi connectivity index (χ3n) is 3.95. The predicted molar refractivity (Wildman–Crippen MR) is 79.7 cm³/mol. The van der Waals surface area contributed by atoms with Crippen LogP contribution in [0.4, 0.5) is 5.69 Å². The molecule has 2 rings (SSSR count). The minimum atomic E-state index is -0.116. The molecule has 20 heavy (non-hydrogen) atoms. The first kappa shape index (κ1) is 15.0. The van der Waals surface area contributed by atoms with Crippen LogP contribution in [0.15, 0.2) is 24.3 Å². The Morgan fingerprint density at radius 1 is 1.25 bits per heavy atom. The van der Waals surface area contributed by atoms with E-state index in [1.165, 1.54) is 0 Å². The fourth-order valence-electron chi connectivity index (χ4n) is 2.57. The fourth-order valence-corrected chi connectivity index (χ4v) is 2.57. The number of nitrogens with two attached hydrogens (primary N) is 1. The molecule has 5 heteroatoms. The number of carbonyl (C=O) groups excluding carboxylic acids is 1. The van der Waals surface area contributed by atoms with Gasteiger partial charge in [-0.05, 0) is 31.2 Å². The van der Waals surface area contributed by atoms with Gasteiger partial charge in [-0.25, -0.2) is 0 Å². The lowest BCUT2D eigenvalue weighted by molar-refractivity contribution is 0.0663. The highest BCUT2D eigenvalue weighted by atomic mass is 16.3. The predicted octanol–water partition coefficient (Wildman–Crippen LogP) is 0.450. The number of benzene rings is 1.